The van der Waals surface area contributed by atoms with Gasteiger partial charge in [0.15, 0.2) is 10.0 Å². The maximum Gasteiger partial charge on any atom is 0.152 e. The summed E-state index contributed by atoms with van der Waals surface area (Å²) >= 11 is 3.44. The molecule has 2 rings (SSSR count). The number of nitrogens with two attached hydrogens (primary N) is 1. The molecule has 0 amide bonds. The van der Waals surface area contributed by atoms with Crippen LogP contribution in [0.1, 0.15) is 85.9 Å². The highest BCUT2D eigenvalue weighted by Crippen LogP contribution is 2.34. The van der Waals surface area contributed by atoms with Crippen molar-refractivity contribution in [1.82, 2.24) is 9.97 Å². The monoisotopic (exact) mass is 501 g/mol. The van der Waals surface area contributed by atoms with Gasteiger partial charge in [-0.25, -0.2) is 9.97 Å². The predicted octanol–water partition coefficient (Wildman–Crippen LogP) is 9.80. The molecule has 0 aliphatic carbocycles. The van der Waals surface area contributed by atoms with Gasteiger partial charge in [0.05, 0.1) is 0 Å². The Labute approximate surface area is 218 Å². The molecule has 2 aromatic heterocycles. The van der Waals surface area contributed by atoms with E-state index in [2.05, 4.69) is 63.8 Å². The molecule has 2 N–H and O–H groups in total. The van der Waals surface area contributed by atoms with Gasteiger partial charge >= 0.3 is 0 Å². The quantitative estimate of drug-likeness (QED) is 0.424. The van der Waals surface area contributed by atoms with Gasteiger partial charge in [-0.2, -0.15) is 0 Å². The number of aryl methyl sites for hydroxylation is 1. The van der Waals surface area contributed by atoms with Crippen molar-refractivity contribution in [1.29, 1.82) is 0 Å². The zero-order valence-corrected chi connectivity index (χ0v) is 25.2. The van der Waals surface area contributed by atoms with Crippen LogP contribution in [0.15, 0.2) is 71.8 Å². The molecule has 2 aromatic rings. The fourth-order valence-electron chi connectivity index (χ4n) is 1.82. The van der Waals surface area contributed by atoms with Crippen LogP contribution in [0, 0.1) is 6.92 Å². The van der Waals surface area contributed by atoms with Crippen LogP contribution in [0.2, 0.25) is 0 Å². The highest BCUT2D eigenvalue weighted by Gasteiger charge is 2.18. The van der Waals surface area contributed by atoms with Crippen LogP contribution in [0.3, 0.4) is 0 Å². The topological polar surface area (TPSA) is 51.8 Å². The van der Waals surface area contributed by atoms with E-state index in [1.165, 1.54) is 20.9 Å². The summed E-state index contributed by atoms with van der Waals surface area (Å²) in [7, 11) is 0. The van der Waals surface area contributed by atoms with Crippen molar-refractivity contribution in [2.24, 2.45) is 5.73 Å². The lowest BCUT2D eigenvalue weighted by Gasteiger charge is -2.14. The van der Waals surface area contributed by atoms with Crippen LogP contribution in [-0.2, 0) is 5.41 Å². The molecule has 0 aliphatic rings. The van der Waals surface area contributed by atoms with Gasteiger partial charge in [0.1, 0.15) is 0 Å². The van der Waals surface area contributed by atoms with Crippen molar-refractivity contribution in [2.45, 2.75) is 88.5 Å². The van der Waals surface area contributed by atoms with Crippen LogP contribution in [-0.4, -0.2) is 9.97 Å². The molecule has 190 valence electrons. The summed E-state index contributed by atoms with van der Waals surface area (Å²) in [4.78, 5) is 11.3. The van der Waals surface area contributed by atoms with Crippen molar-refractivity contribution in [3.8, 4) is 10.0 Å². The molecule has 3 nitrogen and oxygen atoms in total. The van der Waals surface area contributed by atoms with E-state index in [9.17, 15) is 0 Å². The molecule has 0 unspecified atom stereocenters. The first-order valence-electron chi connectivity index (χ1n) is 11.6. The summed E-state index contributed by atoms with van der Waals surface area (Å²) in [6.07, 6.45) is 9.78. The number of aromatic nitrogens is 2. The number of rotatable bonds is 4. The Morgan fingerprint density at radius 3 is 1.62 bits per heavy atom. The molecule has 5 heteroatoms. The first-order chi connectivity index (χ1) is 15.7. The van der Waals surface area contributed by atoms with Crippen molar-refractivity contribution in [2.75, 3.05) is 0 Å². The van der Waals surface area contributed by atoms with Crippen molar-refractivity contribution in [3.63, 3.8) is 0 Å². The Kier molecular flexibility index (Phi) is 17.2. The maximum absolute atomic E-state index is 5.43. The fourth-order valence-corrected chi connectivity index (χ4v) is 3.59. The van der Waals surface area contributed by atoms with E-state index in [4.69, 9.17) is 5.73 Å². The minimum Gasteiger partial charge on any atom is -0.402 e. The number of hydrogen-bond donors (Lipinski definition) is 1. The molecule has 0 bridgehead atoms. The standard InChI is InChI=1S/C11H14N2S2.C9H15N.C7H12.C2H6/c1-7-5-12-9(14-7)10-13-6-8(15-10)11(2,3)4;1-7(2)8(3)5-6-9(4)10;1-5-7(4)6(2)3;1-2/h5-6H,1-4H3;5-6H,1,10H2,2-4H3;5H,2H2,1,3-4H3;1-2H3/b;8-5+,9-6+;7-5+;. The lowest BCUT2D eigenvalue weighted by molar-refractivity contribution is 0.602. The summed E-state index contributed by atoms with van der Waals surface area (Å²) < 4.78 is 0. The van der Waals surface area contributed by atoms with E-state index in [1.54, 1.807) is 22.7 Å². The van der Waals surface area contributed by atoms with Crippen LogP contribution in [0.25, 0.3) is 10.0 Å². The molecular weight excluding hydrogens is 454 g/mol. The zero-order valence-electron chi connectivity index (χ0n) is 23.6. The van der Waals surface area contributed by atoms with Crippen LogP contribution < -0.4 is 5.73 Å². The minimum absolute atomic E-state index is 0.183. The van der Waals surface area contributed by atoms with E-state index in [1.807, 2.05) is 73.0 Å². The molecule has 0 spiro atoms. The number of thiazole rings is 2. The Hall–Kier alpha value is -2.24. The molecule has 2 heterocycles. The minimum atomic E-state index is 0.183. The molecule has 0 aromatic carbocycles. The molecule has 0 saturated carbocycles. The zero-order chi connectivity index (χ0) is 27.1. The third-order valence-corrected chi connectivity index (χ3v) is 6.90. The fraction of sp³-hybridized carbons (Fsp3) is 0.448. The number of hydrogen-bond acceptors (Lipinski definition) is 5. The summed E-state index contributed by atoms with van der Waals surface area (Å²) in [5.74, 6) is 0. The lowest BCUT2D eigenvalue weighted by Crippen LogP contribution is -2.07. The summed E-state index contributed by atoms with van der Waals surface area (Å²) in [5.41, 5.74) is 11.1. The van der Waals surface area contributed by atoms with E-state index in [-0.39, 0.29) is 5.41 Å². The number of nitrogens with zero attached hydrogens (tertiary/aromatic N) is 2. The van der Waals surface area contributed by atoms with Gasteiger partial charge in [-0.3, -0.25) is 0 Å². The molecule has 0 fully saturated rings. The molecule has 0 saturated heterocycles. The molecule has 0 radical (unpaired) electrons. The van der Waals surface area contributed by atoms with Gasteiger partial charge in [0.2, 0.25) is 0 Å². The summed E-state index contributed by atoms with van der Waals surface area (Å²) in [6, 6.07) is 0. The van der Waals surface area contributed by atoms with Gasteiger partial charge in [0, 0.05) is 27.8 Å². The largest absolute Gasteiger partial charge is 0.402 e. The molecule has 0 aliphatic heterocycles. The first kappa shape index (κ1) is 33.9. The van der Waals surface area contributed by atoms with E-state index in [0.29, 0.717) is 0 Å². The van der Waals surface area contributed by atoms with E-state index < -0.39 is 0 Å². The first-order valence-corrected chi connectivity index (χ1v) is 13.3. The average Bonchev–Trinajstić information content (AvgIpc) is 3.42. The molecular formula is C29H47N3S2. The van der Waals surface area contributed by atoms with Gasteiger partial charge in [0.25, 0.3) is 0 Å². The van der Waals surface area contributed by atoms with Gasteiger partial charge in [-0.15, -0.1) is 22.7 Å². The predicted molar refractivity (Wildman–Crippen MR) is 159 cm³/mol. The van der Waals surface area contributed by atoms with Crippen molar-refractivity contribution in [3.05, 3.63) is 81.5 Å². The highest BCUT2D eigenvalue weighted by molar-refractivity contribution is 7.21. The van der Waals surface area contributed by atoms with Gasteiger partial charge in [-0.1, -0.05) is 76.6 Å². The second kappa shape index (κ2) is 17.2. The molecule has 0 atom stereocenters. The second-order valence-electron chi connectivity index (χ2n) is 8.85. The lowest BCUT2D eigenvalue weighted by atomic mass is 9.96. The third-order valence-electron chi connectivity index (χ3n) is 4.42. The molecule has 34 heavy (non-hydrogen) atoms. The van der Waals surface area contributed by atoms with Gasteiger partial charge in [-0.05, 0) is 65.5 Å². The summed E-state index contributed by atoms with van der Waals surface area (Å²) in [5, 5.41) is 2.08. The maximum atomic E-state index is 5.43. The Morgan fingerprint density at radius 1 is 0.853 bits per heavy atom. The van der Waals surface area contributed by atoms with E-state index >= 15 is 0 Å². The van der Waals surface area contributed by atoms with Crippen molar-refractivity contribution >= 4 is 22.7 Å². The summed E-state index contributed by atoms with van der Waals surface area (Å²) in [6.45, 7) is 32.2. The second-order valence-corrected chi connectivity index (χ2v) is 11.1. The van der Waals surface area contributed by atoms with Crippen molar-refractivity contribution < 1.29 is 0 Å². The van der Waals surface area contributed by atoms with Gasteiger partial charge < -0.3 is 5.73 Å². The van der Waals surface area contributed by atoms with Crippen LogP contribution in [0.5, 0.6) is 0 Å². The number of allylic oxidation sites excluding steroid dienone is 8. The highest BCUT2D eigenvalue weighted by atomic mass is 32.1. The Balaban J connectivity index is 0. The van der Waals surface area contributed by atoms with Crippen LogP contribution >= 0.6 is 22.7 Å². The normalized spacial score (nSPS) is 11.8. The SMILES string of the molecule is C=C(C)/C(C)=C/C.C=C(C)/C(C)=C/C=C(\C)N.CC.Cc1cnc(-c2ncc(C(C)(C)C)s2)s1. The average molecular weight is 502 g/mol. The Morgan fingerprint density at radius 2 is 1.32 bits per heavy atom. The van der Waals surface area contributed by atoms with E-state index in [0.717, 1.165) is 26.9 Å². The Bertz CT molecular complexity index is 973. The smallest absolute Gasteiger partial charge is 0.152 e. The van der Waals surface area contributed by atoms with Crippen LogP contribution in [0.4, 0.5) is 0 Å². The third kappa shape index (κ3) is 14.8.